The van der Waals surface area contributed by atoms with Gasteiger partial charge in [0.2, 0.25) is 5.91 Å². The minimum Gasteiger partial charge on any atom is -0.396 e. The fourth-order valence-corrected chi connectivity index (χ4v) is 1.93. The van der Waals surface area contributed by atoms with E-state index in [1.54, 1.807) is 0 Å². The van der Waals surface area contributed by atoms with Gasteiger partial charge in [-0.2, -0.15) is 0 Å². The molecule has 1 amide bonds. The van der Waals surface area contributed by atoms with Crippen LogP contribution in [-0.2, 0) is 4.79 Å². The monoisotopic (exact) mass is 249 g/mol. The summed E-state index contributed by atoms with van der Waals surface area (Å²) < 4.78 is 0. The van der Waals surface area contributed by atoms with Crippen molar-refractivity contribution in [2.75, 3.05) is 6.61 Å². The van der Waals surface area contributed by atoms with E-state index in [-0.39, 0.29) is 24.5 Å². The summed E-state index contributed by atoms with van der Waals surface area (Å²) in [4.78, 5) is 12.1. The third-order valence-electron chi connectivity index (χ3n) is 3.12. The van der Waals surface area contributed by atoms with Gasteiger partial charge in [-0.25, -0.2) is 0 Å². The number of hydrogen-bond donors (Lipinski definition) is 2. The van der Waals surface area contributed by atoms with E-state index in [0.717, 1.165) is 18.4 Å². The number of aryl methyl sites for hydroxylation is 1. The average molecular weight is 249 g/mol. The molecule has 0 fully saturated rings. The molecule has 0 radical (unpaired) electrons. The lowest BCUT2D eigenvalue weighted by atomic mass is 9.98. The summed E-state index contributed by atoms with van der Waals surface area (Å²) in [6.45, 7) is 6.09. The first-order valence-electron chi connectivity index (χ1n) is 6.52. The molecular weight excluding hydrogens is 226 g/mol. The molecule has 0 saturated heterocycles. The smallest absolute Gasteiger partial charge is 0.227 e. The molecule has 100 valence electrons. The molecule has 1 aromatic carbocycles. The molecule has 0 saturated carbocycles. The lowest BCUT2D eigenvalue weighted by molar-refractivity contribution is -0.122. The minimum absolute atomic E-state index is 0.0473. The van der Waals surface area contributed by atoms with E-state index in [1.165, 1.54) is 5.56 Å². The van der Waals surface area contributed by atoms with Gasteiger partial charge in [0.25, 0.3) is 0 Å². The first-order valence-corrected chi connectivity index (χ1v) is 6.52. The normalized spacial score (nSPS) is 14.0. The highest BCUT2D eigenvalue weighted by Gasteiger charge is 2.16. The predicted molar refractivity (Wildman–Crippen MR) is 73.5 cm³/mol. The SMILES string of the molecule is Cc1cccc(C(C)C(=O)NC(C)CCCO)c1. The second-order valence-electron chi connectivity index (χ2n) is 4.91. The Kier molecular flexibility index (Phi) is 5.86. The zero-order valence-corrected chi connectivity index (χ0v) is 11.4. The summed E-state index contributed by atoms with van der Waals surface area (Å²) in [5.41, 5.74) is 2.21. The fraction of sp³-hybridized carbons (Fsp3) is 0.533. The second kappa shape index (κ2) is 7.17. The van der Waals surface area contributed by atoms with E-state index in [4.69, 9.17) is 5.11 Å². The molecule has 0 aromatic heterocycles. The Hall–Kier alpha value is -1.35. The highest BCUT2D eigenvalue weighted by atomic mass is 16.2. The molecule has 3 heteroatoms. The molecule has 0 heterocycles. The number of amides is 1. The van der Waals surface area contributed by atoms with Crippen molar-refractivity contribution < 1.29 is 9.90 Å². The molecule has 2 N–H and O–H groups in total. The number of nitrogens with one attached hydrogen (secondary N) is 1. The average Bonchev–Trinajstić information content (AvgIpc) is 2.35. The van der Waals surface area contributed by atoms with Crippen LogP contribution >= 0.6 is 0 Å². The molecule has 0 aliphatic carbocycles. The van der Waals surface area contributed by atoms with Crippen molar-refractivity contribution in [1.82, 2.24) is 5.32 Å². The molecule has 0 aliphatic heterocycles. The van der Waals surface area contributed by atoms with Gasteiger partial charge in [0, 0.05) is 12.6 Å². The van der Waals surface area contributed by atoms with E-state index in [1.807, 2.05) is 45.0 Å². The van der Waals surface area contributed by atoms with Crippen molar-refractivity contribution in [3.05, 3.63) is 35.4 Å². The summed E-state index contributed by atoms with van der Waals surface area (Å²) in [6, 6.07) is 8.14. The Balaban J connectivity index is 2.56. The summed E-state index contributed by atoms with van der Waals surface area (Å²) in [5.74, 6) is -0.0903. The van der Waals surface area contributed by atoms with E-state index in [0.29, 0.717) is 0 Å². The Labute approximate surface area is 109 Å². The first-order chi connectivity index (χ1) is 8.54. The second-order valence-corrected chi connectivity index (χ2v) is 4.91. The molecule has 0 spiro atoms. The van der Waals surface area contributed by atoms with Crippen LogP contribution in [0.25, 0.3) is 0 Å². The maximum absolute atomic E-state index is 12.1. The van der Waals surface area contributed by atoms with Crippen LogP contribution in [0.15, 0.2) is 24.3 Å². The molecule has 3 nitrogen and oxygen atoms in total. The summed E-state index contributed by atoms with van der Waals surface area (Å²) >= 11 is 0. The van der Waals surface area contributed by atoms with Crippen LogP contribution in [0.4, 0.5) is 0 Å². The zero-order chi connectivity index (χ0) is 13.5. The maximum atomic E-state index is 12.1. The number of hydrogen-bond acceptors (Lipinski definition) is 2. The van der Waals surface area contributed by atoms with Gasteiger partial charge in [-0.1, -0.05) is 29.8 Å². The Morgan fingerprint density at radius 1 is 1.39 bits per heavy atom. The number of carbonyl (C=O) groups excluding carboxylic acids is 1. The summed E-state index contributed by atoms with van der Waals surface area (Å²) in [6.07, 6.45) is 1.53. The van der Waals surface area contributed by atoms with Crippen LogP contribution in [0.2, 0.25) is 0 Å². The lowest BCUT2D eigenvalue weighted by Crippen LogP contribution is -2.35. The third-order valence-corrected chi connectivity index (χ3v) is 3.12. The van der Waals surface area contributed by atoms with E-state index >= 15 is 0 Å². The van der Waals surface area contributed by atoms with Gasteiger partial charge in [0.1, 0.15) is 0 Å². The third kappa shape index (κ3) is 4.49. The first kappa shape index (κ1) is 14.7. The summed E-state index contributed by atoms with van der Waals surface area (Å²) in [7, 11) is 0. The highest BCUT2D eigenvalue weighted by Crippen LogP contribution is 2.16. The van der Waals surface area contributed by atoms with Gasteiger partial charge in [-0.05, 0) is 39.2 Å². The number of benzene rings is 1. The fourth-order valence-electron chi connectivity index (χ4n) is 1.93. The maximum Gasteiger partial charge on any atom is 0.227 e. The standard InChI is InChI=1S/C15H23NO2/c1-11-6-4-8-14(10-11)13(3)15(18)16-12(2)7-5-9-17/h4,6,8,10,12-13,17H,5,7,9H2,1-3H3,(H,16,18). The molecule has 0 aliphatic rings. The van der Waals surface area contributed by atoms with Gasteiger partial charge >= 0.3 is 0 Å². The van der Waals surface area contributed by atoms with Crippen molar-refractivity contribution in [3.8, 4) is 0 Å². The van der Waals surface area contributed by atoms with Crippen molar-refractivity contribution in [2.24, 2.45) is 0 Å². The van der Waals surface area contributed by atoms with Gasteiger partial charge in [-0.15, -0.1) is 0 Å². The minimum atomic E-state index is -0.138. The van der Waals surface area contributed by atoms with Crippen molar-refractivity contribution >= 4 is 5.91 Å². The molecule has 18 heavy (non-hydrogen) atoms. The largest absolute Gasteiger partial charge is 0.396 e. The molecular formula is C15H23NO2. The summed E-state index contributed by atoms with van der Waals surface area (Å²) in [5, 5.41) is 11.7. The van der Waals surface area contributed by atoms with Gasteiger partial charge in [0.05, 0.1) is 5.92 Å². The quantitative estimate of drug-likeness (QED) is 0.813. The van der Waals surface area contributed by atoms with Gasteiger partial charge in [-0.3, -0.25) is 4.79 Å². The number of rotatable bonds is 6. The predicted octanol–water partition coefficient (Wildman–Crippen LogP) is 2.38. The molecule has 1 aromatic rings. The zero-order valence-electron chi connectivity index (χ0n) is 11.4. The van der Waals surface area contributed by atoms with Crippen LogP contribution in [0.1, 0.15) is 43.7 Å². The number of aliphatic hydroxyl groups excluding tert-OH is 1. The van der Waals surface area contributed by atoms with Crippen LogP contribution in [-0.4, -0.2) is 23.7 Å². The van der Waals surface area contributed by atoms with Crippen molar-refractivity contribution in [1.29, 1.82) is 0 Å². The Bertz CT molecular complexity index is 390. The van der Waals surface area contributed by atoms with Crippen LogP contribution in [0.5, 0.6) is 0 Å². The number of aliphatic hydroxyl groups is 1. The Morgan fingerprint density at radius 2 is 2.11 bits per heavy atom. The molecule has 1 rings (SSSR count). The molecule has 2 unspecified atom stereocenters. The topological polar surface area (TPSA) is 49.3 Å². The van der Waals surface area contributed by atoms with Crippen LogP contribution in [0, 0.1) is 6.92 Å². The molecule has 2 atom stereocenters. The van der Waals surface area contributed by atoms with Crippen molar-refractivity contribution in [3.63, 3.8) is 0 Å². The van der Waals surface area contributed by atoms with Crippen LogP contribution < -0.4 is 5.32 Å². The van der Waals surface area contributed by atoms with E-state index < -0.39 is 0 Å². The Morgan fingerprint density at radius 3 is 2.72 bits per heavy atom. The van der Waals surface area contributed by atoms with E-state index in [2.05, 4.69) is 5.32 Å². The van der Waals surface area contributed by atoms with Crippen LogP contribution in [0.3, 0.4) is 0 Å². The van der Waals surface area contributed by atoms with E-state index in [9.17, 15) is 4.79 Å². The highest BCUT2D eigenvalue weighted by molar-refractivity contribution is 5.83. The van der Waals surface area contributed by atoms with Crippen molar-refractivity contribution in [2.45, 2.75) is 45.6 Å². The van der Waals surface area contributed by atoms with Gasteiger partial charge in [0.15, 0.2) is 0 Å². The molecule has 0 bridgehead atoms. The number of carbonyl (C=O) groups is 1. The lowest BCUT2D eigenvalue weighted by Gasteiger charge is -2.17. The van der Waals surface area contributed by atoms with Gasteiger partial charge < -0.3 is 10.4 Å².